The minimum Gasteiger partial charge on any atom is -0.489 e. The molecule has 1 aliphatic carbocycles. The first-order valence-electron chi connectivity index (χ1n) is 9.44. The van der Waals surface area contributed by atoms with Crippen LogP contribution >= 0.6 is 11.6 Å². The summed E-state index contributed by atoms with van der Waals surface area (Å²) in [5.74, 6) is 0.938. The molecule has 1 N–H and O–H groups in total. The topological polar surface area (TPSA) is 39.1 Å². The molecule has 0 bridgehead atoms. The molecule has 0 amide bonds. The van der Waals surface area contributed by atoms with Crippen LogP contribution in [0.25, 0.3) is 11.3 Å². The van der Waals surface area contributed by atoms with E-state index >= 15 is 0 Å². The molecule has 4 rings (SSSR count). The van der Waals surface area contributed by atoms with Crippen LogP contribution in [0.1, 0.15) is 50.1 Å². The Morgan fingerprint density at radius 1 is 1.16 bits per heavy atom. The minimum atomic E-state index is 0.261. The van der Waals surface area contributed by atoms with Gasteiger partial charge in [0, 0.05) is 16.8 Å². The second-order valence-electron chi connectivity index (χ2n) is 7.29. The average Bonchev–Trinajstić information content (AvgIpc) is 3.29. The minimum absolute atomic E-state index is 0.261. The molecule has 1 aromatic carbocycles. The number of hydrogen-bond donors (Lipinski definition) is 1. The number of halogens is 1. The molecule has 0 spiro atoms. The first-order chi connectivity index (χ1) is 12.2. The summed E-state index contributed by atoms with van der Waals surface area (Å²) in [5.41, 5.74) is 3.05. The molecule has 1 saturated carbocycles. The molecular formula is C20H26ClN3O. The fourth-order valence-electron chi connectivity index (χ4n) is 4.01. The smallest absolute Gasteiger partial charge is 0.132 e. The second kappa shape index (κ2) is 7.38. The van der Waals surface area contributed by atoms with Crippen molar-refractivity contribution in [3.8, 4) is 17.0 Å². The Morgan fingerprint density at radius 2 is 1.92 bits per heavy atom. The summed E-state index contributed by atoms with van der Waals surface area (Å²) in [7, 11) is 0. The van der Waals surface area contributed by atoms with Crippen LogP contribution in [0.2, 0.25) is 5.02 Å². The van der Waals surface area contributed by atoms with Crippen molar-refractivity contribution in [3.05, 3.63) is 35.0 Å². The number of nitrogens with zero attached hydrogens (tertiary/aromatic N) is 2. The van der Waals surface area contributed by atoms with Gasteiger partial charge in [-0.3, -0.25) is 4.68 Å². The monoisotopic (exact) mass is 359 g/mol. The zero-order chi connectivity index (χ0) is 17.2. The van der Waals surface area contributed by atoms with E-state index in [0.717, 1.165) is 53.5 Å². The first-order valence-corrected chi connectivity index (χ1v) is 9.81. The quantitative estimate of drug-likeness (QED) is 0.855. The Morgan fingerprint density at radius 3 is 2.68 bits per heavy atom. The van der Waals surface area contributed by atoms with Crippen molar-refractivity contribution in [2.24, 2.45) is 0 Å². The Labute approximate surface area is 154 Å². The third-order valence-corrected chi connectivity index (χ3v) is 5.61. The van der Waals surface area contributed by atoms with E-state index in [1.807, 2.05) is 12.1 Å². The summed E-state index contributed by atoms with van der Waals surface area (Å²) >= 11 is 6.35. The average molecular weight is 360 g/mol. The van der Waals surface area contributed by atoms with Gasteiger partial charge < -0.3 is 10.1 Å². The summed E-state index contributed by atoms with van der Waals surface area (Å²) in [4.78, 5) is 0. The van der Waals surface area contributed by atoms with Crippen LogP contribution < -0.4 is 10.1 Å². The van der Waals surface area contributed by atoms with Gasteiger partial charge in [-0.15, -0.1) is 0 Å². The van der Waals surface area contributed by atoms with Gasteiger partial charge >= 0.3 is 0 Å². The van der Waals surface area contributed by atoms with Gasteiger partial charge in [0.15, 0.2) is 0 Å². The summed E-state index contributed by atoms with van der Waals surface area (Å²) in [6.07, 6.45) is 9.52. The van der Waals surface area contributed by atoms with Crippen LogP contribution in [0.3, 0.4) is 0 Å². The van der Waals surface area contributed by atoms with E-state index in [2.05, 4.69) is 29.2 Å². The maximum Gasteiger partial charge on any atom is 0.132 e. The van der Waals surface area contributed by atoms with Crippen molar-refractivity contribution in [2.45, 2.75) is 57.6 Å². The van der Waals surface area contributed by atoms with Crippen molar-refractivity contribution >= 4 is 11.6 Å². The Balaban J connectivity index is 1.65. The number of piperidine rings is 1. The third-order valence-electron chi connectivity index (χ3n) is 5.39. The van der Waals surface area contributed by atoms with E-state index in [9.17, 15) is 0 Å². The summed E-state index contributed by atoms with van der Waals surface area (Å²) in [6.45, 7) is 4.10. The molecule has 0 radical (unpaired) electrons. The highest BCUT2D eigenvalue weighted by Crippen LogP contribution is 2.37. The normalized spacial score (nSPS) is 19.4. The third kappa shape index (κ3) is 3.70. The number of aromatic nitrogens is 2. The van der Waals surface area contributed by atoms with E-state index in [0.29, 0.717) is 6.04 Å². The highest BCUT2D eigenvalue weighted by atomic mass is 35.5. The van der Waals surface area contributed by atoms with E-state index in [1.165, 1.54) is 25.7 Å². The number of hydrogen-bond acceptors (Lipinski definition) is 3. The van der Waals surface area contributed by atoms with Gasteiger partial charge in [0.2, 0.25) is 0 Å². The molecule has 1 aliphatic heterocycles. The van der Waals surface area contributed by atoms with Gasteiger partial charge in [0.1, 0.15) is 11.9 Å². The van der Waals surface area contributed by atoms with Gasteiger partial charge in [-0.1, -0.05) is 24.4 Å². The van der Waals surface area contributed by atoms with Crippen molar-refractivity contribution in [1.29, 1.82) is 0 Å². The number of benzene rings is 1. The molecule has 2 heterocycles. The van der Waals surface area contributed by atoms with Gasteiger partial charge in [0.05, 0.1) is 11.7 Å². The fraction of sp³-hybridized carbons (Fsp3) is 0.550. The lowest BCUT2D eigenvalue weighted by molar-refractivity contribution is 0.162. The standard InChI is InChI=1S/C20H26ClN3O/c1-14-12-15(21)13-18(20(14)25-17-6-9-22-10-7-17)19-8-11-24(23-19)16-4-2-3-5-16/h8,11-13,16-17,22H,2-7,9-10H2,1H3. The highest BCUT2D eigenvalue weighted by molar-refractivity contribution is 6.31. The van der Waals surface area contributed by atoms with Gasteiger partial charge in [-0.05, 0) is 69.5 Å². The van der Waals surface area contributed by atoms with E-state index in [4.69, 9.17) is 21.4 Å². The molecule has 2 fully saturated rings. The van der Waals surface area contributed by atoms with Crippen molar-refractivity contribution < 1.29 is 4.74 Å². The summed E-state index contributed by atoms with van der Waals surface area (Å²) < 4.78 is 8.55. The second-order valence-corrected chi connectivity index (χ2v) is 7.72. The van der Waals surface area contributed by atoms with E-state index in [1.54, 1.807) is 0 Å². The van der Waals surface area contributed by atoms with Crippen molar-refractivity contribution in [3.63, 3.8) is 0 Å². The van der Waals surface area contributed by atoms with Crippen LogP contribution in [0.4, 0.5) is 0 Å². The van der Waals surface area contributed by atoms with Crippen LogP contribution in [0.15, 0.2) is 24.4 Å². The zero-order valence-electron chi connectivity index (χ0n) is 14.8. The van der Waals surface area contributed by atoms with E-state index in [-0.39, 0.29) is 6.10 Å². The molecule has 1 saturated heterocycles. The predicted octanol–water partition coefficient (Wildman–Crippen LogP) is 4.76. The molecule has 25 heavy (non-hydrogen) atoms. The van der Waals surface area contributed by atoms with Gasteiger partial charge in [-0.2, -0.15) is 5.10 Å². The molecule has 1 aromatic heterocycles. The Kier molecular flexibility index (Phi) is 5.00. The van der Waals surface area contributed by atoms with Crippen LogP contribution in [0, 0.1) is 6.92 Å². The molecule has 134 valence electrons. The number of nitrogens with one attached hydrogen (secondary N) is 1. The number of aryl methyl sites for hydroxylation is 1. The van der Waals surface area contributed by atoms with Crippen LogP contribution in [-0.2, 0) is 0 Å². The molecule has 5 heteroatoms. The van der Waals surface area contributed by atoms with Crippen LogP contribution in [0.5, 0.6) is 5.75 Å². The zero-order valence-corrected chi connectivity index (χ0v) is 15.6. The van der Waals surface area contributed by atoms with E-state index < -0.39 is 0 Å². The molecule has 2 aromatic rings. The Hall–Kier alpha value is -1.52. The maximum atomic E-state index is 6.41. The lowest BCUT2D eigenvalue weighted by Gasteiger charge is -2.26. The SMILES string of the molecule is Cc1cc(Cl)cc(-c2ccn(C3CCCC3)n2)c1OC1CCNCC1. The highest BCUT2D eigenvalue weighted by Gasteiger charge is 2.22. The predicted molar refractivity (Wildman–Crippen MR) is 101 cm³/mol. The molecule has 0 atom stereocenters. The van der Waals surface area contributed by atoms with Crippen molar-refractivity contribution in [2.75, 3.05) is 13.1 Å². The molecular weight excluding hydrogens is 334 g/mol. The Bertz CT molecular complexity index is 731. The fourth-order valence-corrected chi connectivity index (χ4v) is 4.28. The van der Waals surface area contributed by atoms with Crippen LogP contribution in [-0.4, -0.2) is 29.0 Å². The molecule has 0 unspecified atom stereocenters. The first kappa shape index (κ1) is 16.9. The molecule has 4 nitrogen and oxygen atoms in total. The van der Waals surface area contributed by atoms with Crippen molar-refractivity contribution in [1.82, 2.24) is 15.1 Å². The number of ether oxygens (including phenoxy) is 1. The summed E-state index contributed by atoms with van der Waals surface area (Å²) in [6, 6.07) is 6.61. The lowest BCUT2D eigenvalue weighted by Crippen LogP contribution is -2.34. The summed E-state index contributed by atoms with van der Waals surface area (Å²) in [5, 5.41) is 8.99. The lowest BCUT2D eigenvalue weighted by atomic mass is 10.1. The largest absolute Gasteiger partial charge is 0.489 e. The number of rotatable bonds is 4. The molecule has 2 aliphatic rings. The van der Waals surface area contributed by atoms with Gasteiger partial charge in [0.25, 0.3) is 0 Å². The van der Waals surface area contributed by atoms with Gasteiger partial charge in [-0.25, -0.2) is 0 Å². The maximum absolute atomic E-state index is 6.41.